The number of carbonyl (C=O) groups excluding carboxylic acids is 2. The van der Waals surface area contributed by atoms with Crippen LogP contribution in [0.15, 0.2) is 35.8 Å². The molecule has 21 heavy (non-hydrogen) atoms. The molecule has 2 N–H and O–H groups in total. The van der Waals surface area contributed by atoms with Crippen molar-refractivity contribution in [2.75, 3.05) is 11.9 Å². The first kappa shape index (κ1) is 13.8. The van der Waals surface area contributed by atoms with E-state index in [4.69, 9.17) is 0 Å². The van der Waals surface area contributed by atoms with E-state index in [2.05, 4.69) is 15.6 Å². The molecule has 0 spiro atoms. The molecule has 0 radical (unpaired) electrons. The van der Waals surface area contributed by atoms with Crippen LogP contribution in [0.25, 0.3) is 10.6 Å². The third kappa shape index (κ3) is 3.28. The zero-order valence-electron chi connectivity index (χ0n) is 11.3. The third-order valence-corrected chi connectivity index (χ3v) is 4.29. The van der Waals surface area contributed by atoms with E-state index >= 15 is 0 Å². The fourth-order valence-corrected chi connectivity index (χ4v) is 2.91. The Bertz CT molecular complexity index is 627. The van der Waals surface area contributed by atoms with Crippen LogP contribution in [0.3, 0.4) is 0 Å². The number of thiazole rings is 1. The van der Waals surface area contributed by atoms with Gasteiger partial charge in [-0.25, -0.2) is 4.98 Å². The van der Waals surface area contributed by atoms with E-state index in [-0.39, 0.29) is 17.7 Å². The summed E-state index contributed by atoms with van der Waals surface area (Å²) in [5.74, 6) is -0.176. The molecule has 1 aromatic carbocycles. The number of piperidine rings is 1. The minimum atomic E-state index is -0.152. The molecule has 5 nitrogen and oxygen atoms in total. The van der Waals surface area contributed by atoms with Crippen LogP contribution in [-0.4, -0.2) is 23.3 Å². The summed E-state index contributed by atoms with van der Waals surface area (Å²) >= 11 is 1.58. The monoisotopic (exact) mass is 301 g/mol. The number of anilines is 1. The lowest BCUT2D eigenvalue weighted by Crippen LogP contribution is -2.40. The molecule has 1 atom stereocenters. The van der Waals surface area contributed by atoms with Gasteiger partial charge in [-0.15, -0.1) is 11.3 Å². The van der Waals surface area contributed by atoms with E-state index < -0.39 is 0 Å². The number of amides is 2. The Morgan fingerprint density at radius 3 is 2.76 bits per heavy atom. The maximum atomic E-state index is 12.1. The van der Waals surface area contributed by atoms with Crippen LogP contribution in [0.5, 0.6) is 0 Å². The van der Waals surface area contributed by atoms with Crippen molar-refractivity contribution < 1.29 is 9.59 Å². The van der Waals surface area contributed by atoms with Gasteiger partial charge in [0.05, 0.1) is 5.92 Å². The Balaban J connectivity index is 1.62. The minimum absolute atomic E-state index is 0.0202. The maximum Gasteiger partial charge on any atom is 0.229 e. The molecule has 3 rings (SSSR count). The summed E-state index contributed by atoms with van der Waals surface area (Å²) in [7, 11) is 0. The van der Waals surface area contributed by atoms with Crippen LogP contribution in [0, 0.1) is 5.92 Å². The van der Waals surface area contributed by atoms with Crippen molar-refractivity contribution in [2.24, 2.45) is 5.92 Å². The van der Waals surface area contributed by atoms with Gasteiger partial charge in [0, 0.05) is 35.8 Å². The van der Waals surface area contributed by atoms with Crippen LogP contribution in [-0.2, 0) is 9.59 Å². The van der Waals surface area contributed by atoms with Gasteiger partial charge >= 0.3 is 0 Å². The first-order chi connectivity index (χ1) is 10.2. The van der Waals surface area contributed by atoms with Crippen LogP contribution in [0.1, 0.15) is 12.8 Å². The van der Waals surface area contributed by atoms with E-state index in [0.29, 0.717) is 19.4 Å². The second-order valence-electron chi connectivity index (χ2n) is 4.94. The largest absolute Gasteiger partial charge is 0.355 e. The van der Waals surface area contributed by atoms with Crippen LogP contribution in [0.4, 0.5) is 5.69 Å². The van der Waals surface area contributed by atoms with E-state index in [9.17, 15) is 9.59 Å². The lowest BCUT2D eigenvalue weighted by Gasteiger charge is -2.21. The van der Waals surface area contributed by atoms with Gasteiger partial charge in [0.25, 0.3) is 0 Å². The highest BCUT2D eigenvalue weighted by Crippen LogP contribution is 2.23. The zero-order chi connectivity index (χ0) is 14.7. The quantitative estimate of drug-likeness (QED) is 0.913. The number of benzene rings is 1. The van der Waals surface area contributed by atoms with Crippen molar-refractivity contribution in [2.45, 2.75) is 12.8 Å². The second kappa shape index (κ2) is 6.05. The fourth-order valence-electron chi connectivity index (χ4n) is 2.26. The van der Waals surface area contributed by atoms with Crippen LogP contribution >= 0.6 is 11.3 Å². The Kier molecular flexibility index (Phi) is 3.96. The van der Waals surface area contributed by atoms with Crippen molar-refractivity contribution in [1.82, 2.24) is 10.3 Å². The first-order valence-electron chi connectivity index (χ1n) is 6.80. The summed E-state index contributed by atoms with van der Waals surface area (Å²) in [6.07, 6.45) is 2.79. The standard InChI is InChI=1S/C15H15N3O2S/c19-13-6-3-11(9-17-13)14(20)18-12-4-1-10(2-5-12)15-16-7-8-21-15/h1-2,4-5,7-8,11H,3,6,9H2,(H,17,19)(H,18,20). The first-order valence-corrected chi connectivity index (χ1v) is 7.68. The van der Waals surface area contributed by atoms with Gasteiger partial charge in [0.15, 0.2) is 0 Å². The molecule has 0 bridgehead atoms. The van der Waals surface area contributed by atoms with Crippen molar-refractivity contribution in [3.05, 3.63) is 35.8 Å². The summed E-state index contributed by atoms with van der Waals surface area (Å²) in [6, 6.07) is 7.63. The van der Waals surface area contributed by atoms with E-state index in [1.54, 1.807) is 17.5 Å². The molecule has 0 saturated carbocycles. The van der Waals surface area contributed by atoms with Gasteiger partial charge in [-0.2, -0.15) is 0 Å². The number of hydrogen-bond acceptors (Lipinski definition) is 4. The predicted molar refractivity (Wildman–Crippen MR) is 81.9 cm³/mol. The van der Waals surface area contributed by atoms with Gasteiger partial charge in [-0.1, -0.05) is 0 Å². The summed E-state index contributed by atoms with van der Waals surface area (Å²) in [5.41, 5.74) is 1.80. The minimum Gasteiger partial charge on any atom is -0.355 e. The van der Waals surface area contributed by atoms with Gasteiger partial charge < -0.3 is 10.6 Å². The zero-order valence-corrected chi connectivity index (χ0v) is 12.2. The summed E-state index contributed by atoms with van der Waals surface area (Å²) < 4.78 is 0. The predicted octanol–water partition coefficient (Wildman–Crippen LogP) is 2.27. The number of aromatic nitrogens is 1. The Morgan fingerprint density at radius 2 is 2.14 bits per heavy atom. The molecule has 2 amide bonds. The molecule has 2 heterocycles. The number of nitrogens with one attached hydrogen (secondary N) is 2. The highest BCUT2D eigenvalue weighted by molar-refractivity contribution is 7.13. The maximum absolute atomic E-state index is 12.1. The summed E-state index contributed by atoms with van der Waals surface area (Å²) in [4.78, 5) is 27.5. The molecule has 1 aliphatic heterocycles. The summed E-state index contributed by atoms with van der Waals surface area (Å²) in [6.45, 7) is 0.419. The Labute approximate surface area is 126 Å². The Morgan fingerprint density at radius 1 is 1.33 bits per heavy atom. The molecule has 1 saturated heterocycles. The Hall–Kier alpha value is -2.21. The number of rotatable bonds is 3. The molecular formula is C15H15N3O2S. The average Bonchev–Trinajstić information content (AvgIpc) is 3.03. The highest BCUT2D eigenvalue weighted by Gasteiger charge is 2.24. The molecule has 6 heteroatoms. The van der Waals surface area contributed by atoms with Crippen LogP contribution < -0.4 is 10.6 Å². The number of nitrogens with zero attached hydrogens (tertiary/aromatic N) is 1. The van der Waals surface area contributed by atoms with Crippen molar-refractivity contribution in [3.8, 4) is 10.6 Å². The van der Waals surface area contributed by atoms with Gasteiger partial charge in [0.2, 0.25) is 11.8 Å². The molecule has 1 unspecified atom stereocenters. The van der Waals surface area contributed by atoms with Crippen molar-refractivity contribution in [3.63, 3.8) is 0 Å². The van der Waals surface area contributed by atoms with E-state index in [0.717, 1.165) is 16.3 Å². The van der Waals surface area contributed by atoms with Gasteiger partial charge in [-0.3, -0.25) is 9.59 Å². The van der Waals surface area contributed by atoms with E-state index in [1.165, 1.54) is 0 Å². The number of hydrogen-bond donors (Lipinski definition) is 2. The molecule has 1 aromatic heterocycles. The molecule has 1 aliphatic rings. The fraction of sp³-hybridized carbons (Fsp3) is 0.267. The second-order valence-corrected chi connectivity index (χ2v) is 5.84. The smallest absolute Gasteiger partial charge is 0.229 e. The van der Waals surface area contributed by atoms with Crippen molar-refractivity contribution in [1.29, 1.82) is 0 Å². The van der Waals surface area contributed by atoms with Crippen molar-refractivity contribution >= 4 is 28.8 Å². The SMILES string of the molecule is O=C1CCC(C(=O)Nc2ccc(-c3nccs3)cc2)CN1. The number of carbonyl (C=O) groups is 2. The highest BCUT2D eigenvalue weighted by atomic mass is 32.1. The topological polar surface area (TPSA) is 71.1 Å². The summed E-state index contributed by atoms with van der Waals surface area (Å²) in [5, 5.41) is 8.51. The van der Waals surface area contributed by atoms with E-state index in [1.807, 2.05) is 29.6 Å². The molecule has 108 valence electrons. The molecule has 2 aromatic rings. The van der Waals surface area contributed by atoms with Crippen LogP contribution in [0.2, 0.25) is 0 Å². The lowest BCUT2D eigenvalue weighted by molar-refractivity contribution is -0.126. The lowest BCUT2D eigenvalue weighted by atomic mass is 9.98. The van der Waals surface area contributed by atoms with Gasteiger partial charge in [-0.05, 0) is 30.7 Å². The molecule has 0 aliphatic carbocycles. The molecular weight excluding hydrogens is 286 g/mol. The third-order valence-electron chi connectivity index (χ3n) is 3.47. The molecule has 1 fully saturated rings. The normalized spacial score (nSPS) is 18.1. The average molecular weight is 301 g/mol. The van der Waals surface area contributed by atoms with Gasteiger partial charge in [0.1, 0.15) is 5.01 Å².